The van der Waals surface area contributed by atoms with E-state index in [9.17, 15) is 4.79 Å². The van der Waals surface area contributed by atoms with Crippen LogP contribution in [0.3, 0.4) is 0 Å². The van der Waals surface area contributed by atoms with Gasteiger partial charge in [-0.1, -0.05) is 47.6 Å². The molecule has 0 fully saturated rings. The molecule has 181 valence electrons. The third-order valence-corrected chi connectivity index (χ3v) is 8.23. The average molecular weight is 634 g/mol. The van der Waals surface area contributed by atoms with Crippen molar-refractivity contribution in [1.29, 1.82) is 0 Å². The van der Waals surface area contributed by atoms with Crippen LogP contribution in [-0.2, 0) is 35.7 Å². The molecular weight excluding hydrogens is 601 g/mol. The fourth-order valence-corrected chi connectivity index (χ4v) is 5.19. The Morgan fingerprint density at radius 2 is 1.65 bits per heavy atom. The Kier molecular flexibility index (Phi) is 6.62. The largest absolute Gasteiger partial charge is 0.512 e. The van der Waals surface area contributed by atoms with Gasteiger partial charge in [0.1, 0.15) is 0 Å². The van der Waals surface area contributed by atoms with Crippen molar-refractivity contribution in [2.75, 3.05) is 0 Å². The van der Waals surface area contributed by atoms with Gasteiger partial charge in [0.15, 0.2) is 5.78 Å². The maximum Gasteiger partial charge on any atom is 0.155 e. The predicted octanol–water partition coefficient (Wildman–Crippen LogP) is 7.07. The van der Waals surface area contributed by atoms with Gasteiger partial charge < -0.3 is 9.51 Å². The van der Waals surface area contributed by atoms with Gasteiger partial charge in [0.05, 0.1) is 22.4 Å². The van der Waals surface area contributed by atoms with E-state index in [4.69, 9.17) is 10.1 Å². The minimum Gasteiger partial charge on any atom is -0.512 e. The number of aliphatic hydroxyl groups is 1. The molecule has 34 heavy (non-hydrogen) atoms. The molecule has 0 unspecified atom stereocenters. The van der Waals surface area contributed by atoms with Crippen molar-refractivity contribution in [3.63, 3.8) is 0 Å². The number of rotatable bonds is 1. The fraction of sp³-hybridized carbons (Fsp3) is 0.379. The first-order chi connectivity index (χ1) is 15.3. The summed E-state index contributed by atoms with van der Waals surface area (Å²) in [6, 6.07) is 16.4. The van der Waals surface area contributed by atoms with Crippen LogP contribution >= 0.6 is 0 Å². The molecule has 1 aliphatic carbocycles. The molecule has 2 aromatic heterocycles. The minimum absolute atomic E-state index is 0. The summed E-state index contributed by atoms with van der Waals surface area (Å²) < 4.78 is 2.23. The predicted molar refractivity (Wildman–Crippen MR) is 136 cm³/mol. The van der Waals surface area contributed by atoms with Crippen LogP contribution in [0.15, 0.2) is 54.4 Å². The zero-order chi connectivity index (χ0) is 24.3. The summed E-state index contributed by atoms with van der Waals surface area (Å²) in [4.78, 5) is 15.0. The number of pyridine rings is 1. The Labute approximate surface area is 215 Å². The van der Waals surface area contributed by atoms with Gasteiger partial charge in [0.2, 0.25) is 0 Å². The number of imidazole rings is 1. The third kappa shape index (κ3) is 3.79. The van der Waals surface area contributed by atoms with Crippen molar-refractivity contribution in [3.05, 3.63) is 71.6 Å². The smallest absolute Gasteiger partial charge is 0.155 e. The van der Waals surface area contributed by atoms with E-state index in [1.54, 1.807) is 0 Å². The molecule has 0 aliphatic heterocycles. The Bertz CT molecular complexity index is 1440. The van der Waals surface area contributed by atoms with E-state index in [1.165, 1.54) is 42.0 Å². The van der Waals surface area contributed by atoms with E-state index in [0.717, 1.165) is 16.6 Å². The second-order valence-electron chi connectivity index (χ2n) is 10.8. The number of hydrogen-bond donors (Lipinski definition) is 1. The first-order valence-electron chi connectivity index (χ1n) is 11.4. The van der Waals surface area contributed by atoms with Crippen LogP contribution in [0.1, 0.15) is 66.5 Å². The molecule has 2 aromatic carbocycles. The molecule has 0 saturated carbocycles. The molecule has 1 N–H and O–H groups in total. The van der Waals surface area contributed by atoms with Gasteiger partial charge in [-0.3, -0.25) is 9.78 Å². The van der Waals surface area contributed by atoms with Crippen molar-refractivity contribution in [3.8, 4) is 0 Å². The Balaban J connectivity index is 0.000000357. The number of hydrogen-bond acceptors (Lipinski definition) is 3. The van der Waals surface area contributed by atoms with Crippen LogP contribution in [0.5, 0.6) is 0 Å². The van der Waals surface area contributed by atoms with Crippen molar-refractivity contribution < 1.29 is 30.0 Å². The Morgan fingerprint density at radius 1 is 1.03 bits per heavy atom. The molecule has 0 saturated heterocycles. The summed E-state index contributed by atoms with van der Waals surface area (Å²) in [5.41, 5.74) is 6.54. The molecule has 4 aromatic rings. The van der Waals surface area contributed by atoms with Crippen LogP contribution in [0.4, 0.5) is 0 Å². The van der Waals surface area contributed by atoms with Gasteiger partial charge in [0, 0.05) is 26.2 Å². The van der Waals surface area contributed by atoms with Gasteiger partial charge in [-0.15, -0.1) is 35.0 Å². The van der Waals surface area contributed by atoms with Crippen LogP contribution in [0.2, 0.25) is 0 Å². The SMILES string of the molecule is CC(=O)C=C(C)O.CC1(C)c2cc3nc4c5[c-]cccc5ccn4c3cc2C(C)(C)C1(C)C.[Ir]. The second kappa shape index (κ2) is 8.62. The van der Waals surface area contributed by atoms with Gasteiger partial charge >= 0.3 is 0 Å². The molecule has 0 spiro atoms. The zero-order valence-corrected chi connectivity index (χ0v) is 23.6. The maximum atomic E-state index is 10.0. The monoisotopic (exact) mass is 634 g/mol. The van der Waals surface area contributed by atoms with E-state index in [0.29, 0.717) is 0 Å². The third-order valence-electron chi connectivity index (χ3n) is 8.23. The van der Waals surface area contributed by atoms with E-state index in [1.807, 2.05) is 12.1 Å². The van der Waals surface area contributed by atoms with Crippen molar-refractivity contribution >= 4 is 33.2 Å². The Morgan fingerprint density at radius 3 is 2.21 bits per heavy atom. The topological polar surface area (TPSA) is 54.6 Å². The summed E-state index contributed by atoms with van der Waals surface area (Å²) in [6.07, 6.45) is 3.31. The van der Waals surface area contributed by atoms with Crippen molar-refractivity contribution in [1.82, 2.24) is 9.38 Å². The Hall–Kier alpha value is -2.49. The standard InChI is InChI=1S/C24H25N2.C5H8O2.Ir/c1-22(2)17-13-19-20(14-18(17)23(3,4)24(22,5)6)26-12-11-15-9-7-8-10-16(15)21(26)25-19;1-4(6)3-5(2)7;/h7-9,11-14H,1-6H3;3,6H,1-2H3;/q-1;;. The summed E-state index contributed by atoms with van der Waals surface area (Å²) in [7, 11) is 0. The zero-order valence-electron chi connectivity index (χ0n) is 21.2. The van der Waals surface area contributed by atoms with E-state index >= 15 is 0 Å². The molecule has 1 aliphatic rings. The summed E-state index contributed by atoms with van der Waals surface area (Å²) >= 11 is 0. The molecule has 0 amide bonds. The molecule has 0 atom stereocenters. The molecule has 4 nitrogen and oxygen atoms in total. The number of nitrogens with zero attached hydrogens (tertiary/aromatic N) is 2. The maximum absolute atomic E-state index is 10.0. The van der Waals surface area contributed by atoms with E-state index < -0.39 is 0 Å². The first-order valence-corrected chi connectivity index (χ1v) is 11.4. The van der Waals surface area contributed by atoms with Crippen molar-refractivity contribution in [2.45, 2.75) is 66.2 Å². The first kappa shape index (κ1) is 26.1. The molecule has 5 rings (SSSR count). The quantitative estimate of drug-likeness (QED) is 0.139. The number of carbonyl (C=O) groups excluding carboxylic acids is 1. The van der Waals surface area contributed by atoms with Crippen LogP contribution in [-0.4, -0.2) is 20.3 Å². The van der Waals surface area contributed by atoms with Gasteiger partial charge in [0.25, 0.3) is 0 Å². The molecule has 5 heteroatoms. The molecular formula is C29H33IrN2O2-. The van der Waals surface area contributed by atoms with Crippen LogP contribution < -0.4 is 0 Å². The molecule has 1 radical (unpaired) electrons. The average Bonchev–Trinajstić information content (AvgIpc) is 3.13. The number of allylic oxidation sites excluding steroid dienone is 2. The second-order valence-corrected chi connectivity index (χ2v) is 10.8. The summed E-state index contributed by atoms with van der Waals surface area (Å²) in [6.45, 7) is 17.2. The van der Waals surface area contributed by atoms with Gasteiger partial charge in [-0.25, -0.2) is 0 Å². The number of aliphatic hydroxyl groups excluding tert-OH is 1. The number of carbonyl (C=O) groups is 1. The molecule has 2 heterocycles. The summed E-state index contributed by atoms with van der Waals surface area (Å²) in [5, 5.41) is 10.6. The number of benzene rings is 2. The van der Waals surface area contributed by atoms with Crippen molar-refractivity contribution in [2.24, 2.45) is 5.41 Å². The minimum atomic E-state index is -0.125. The summed E-state index contributed by atoms with van der Waals surface area (Å²) in [5.74, 6) is -0.0625. The van der Waals surface area contributed by atoms with Gasteiger partial charge in [-0.05, 0) is 59.5 Å². The van der Waals surface area contributed by atoms with E-state index in [2.05, 4.69) is 82.5 Å². The number of aromatic nitrogens is 2. The van der Waals surface area contributed by atoms with E-state index in [-0.39, 0.29) is 47.9 Å². The fourth-order valence-electron chi connectivity index (χ4n) is 5.19. The van der Waals surface area contributed by atoms with Gasteiger partial charge in [-0.2, -0.15) is 0 Å². The van der Waals surface area contributed by atoms with Crippen LogP contribution in [0, 0.1) is 11.5 Å². The number of fused-ring (bicyclic) bond motifs is 6. The van der Waals surface area contributed by atoms with Crippen LogP contribution in [0.25, 0.3) is 27.5 Å². The molecule has 0 bridgehead atoms. The normalized spacial score (nSPS) is 17.7. The number of ketones is 1.